The van der Waals surface area contributed by atoms with E-state index in [9.17, 15) is 4.79 Å². The molecule has 2 aromatic rings. The van der Waals surface area contributed by atoms with E-state index in [0.29, 0.717) is 11.4 Å². The lowest BCUT2D eigenvalue weighted by Gasteiger charge is -2.01. The number of hydrogen-bond donors (Lipinski definition) is 2. The molecule has 0 bridgehead atoms. The molecule has 1 amide bonds. The molecule has 0 saturated carbocycles. The maximum Gasteiger partial charge on any atom is 0.263 e. The third-order valence-electron chi connectivity index (χ3n) is 2.30. The summed E-state index contributed by atoms with van der Waals surface area (Å²) in [6.07, 6.45) is 1.58. The fourth-order valence-electron chi connectivity index (χ4n) is 1.44. The smallest absolute Gasteiger partial charge is 0.263 e. The van der Waals surface area contributed by atoms with Crippen LogP contribution in [-0.2, 0) is 6.54 Å². The van der Waals surface area contributed by atoms with Crippen LogP contribution in [0.5, 0.6) is 0 Å². The highest BCUT2D eigenvalue weighted by molar-refractivity contribution is 7.13. The van der Waals surface area contributed by atoms with Crippen LogP contribution in [0.3, 0.4) is 0 Å². The van der Waals surface area contributed by atoms with Crippen molar-refractivity contribution in [3.63, 3.8) is 0 Å². The van der Waals surface area contributed by atoms with Gasteiger partial charge in [0.25, 0.3) is 5.91 Å². The zero-order chi connectivity index (χ0) is 13.7. The number of aliphatic hydroxyl groups excluding tert-OH is 1. The molecule has 0 aliphatic carbocycles. The predicted octanol–water partition coefficient (Wildman–Crippen LogP) is 1.79. The SMILES string of the molecule is Cc1ncc(C(=O)NCc2sccc2C#CCO)s1. The number of carbonyl (C=O) groups excluding carboxylic acids is 1. The maximum atomic E-state index is 11.9. The number of rotatable bonds is 3. The molecule has 0 radical (unpaired) electrons. The Kier molecular flexibility index (Phi) is 4.68. The van der Waals surface area contributed by atoms with Gasteiger partial charge < -0.3 is 10.4 Å². The minimum atomic E-state index is -0.165. The zero-order valence-corrected chi connectivity index (χ0v) is 11.9. The van der Waals surface area contributed by atoms with E-state index in [1.54, 1.807) is 6.20 Å². The number of hydrogen-bond acceptors (Lipinski definition) is 5. The summed E-state index contributed by atoms with van der Waals surface area (Å²) < 4.78 is 0. The first-order valence-corrected chi connectivity index (χ1v) is 7.27. The molecule has 0 fully saturated rings. The molecule has 0 unspecified atom stereocenters. The summed E-state index contributed by atoms with van der Waals surface area (Å²) in [7, 11) is 0. The van der Waals surface area contributed by atoms with Gasteiger partial charge in [-0.05, 0) is 18.4 Å². The van der Waals surface area contributed by atoms with E-state index in [2.05, 4.69) is 22.1 Å². The molecule has 19 heavy (non-hydrogen) atoms. The maximum absolute atomic E-state index is 11.9. The summed E-state index contributed by atoms with van der Waals surface area (Å²) in [5.41, 5.74) is 0.847. The van der Waals surface area contributed by atoms with E-state index in [1.807, 2.05) is 18.4 Å². The number of thiazole rings is 1. The Morgan fingerprint density at radius 1 is 1.58 bits per heavy atom. The Morgan fingerprint density at radius 2 is 2.42 bits per heavy atom. The molecule has 2 aromatic heterocycles. The van der Waals surface area contributed by atoms with Gasteiger partial charge in [0, 0.05) is 10.4 Å². The highest BCUT2D eigenvalue weighted by Gasteiger charge is 2.10. The summed E-state index contributed by atoms with van der Waals surface area (Å²) in [4.78, 5) is 17.5. The normalized spacial score (nSPS) is 9.79. The highest BCUT2D eigenvalue weighted by Crippen LogP contribution is 2.16. The van der Waals surface area contributed by atoms with Crippen LogP contribution in [0.25, 0.3) is 0 Å². The Hall–Kier alpha value is -1.68. The van der Waals surface area contributed by atoms with Crippen LogP contribution in [0.2, 0.25) is 0 Å². The Bertz CT molecular complexity index is 634. The molecule has 2 heterocycles. The number of aliphatic hydroxyl groups is 1. The number of aryl methyl sites for hydroxylation is 1. The van der Waals surface area contributed by atoms with Crippen LogP contribution < -0.4 is 5.32 Å². The van der Waals surface area contributed by atoms with Gasteiger partial charge in [0.15, 0.2) is 0 Å². The third-order valence-corrected chi connectivity index (χ3v) is 4.13. The first kappa shape index (κ1) is 13.7. The Labute approximate surface area is 119 Å². The standard InChI is InChI=1S/C13H12N2O2S2/c1-9-14-8-12(19-9)13(17)15-7-11-10(3-2-5-16)4-6-18-11/h4,6,8,16H,5,7H2,1H3,(H,15,17). The fourth-order valence-corrected chi connectivity index (χ4v) is 2.90. The van der Waals surface area contributed by atoms with E-state index >= 15 is 0 Å². The molecule has 6 heteroatoms. The van der Waals surface area contributed by atoms with Crippen molar-refractivity contribution in [1.82, 2.24) is 10.3 Å². The zero-order valence-electron chi connectivity index (χ0n) is 10.3. The fraction of sp³-hybridized carbons (Fsp3) is 0.231. The van der Waals surface area contributed by atoms with Gasteiger partial charge in [-0.15, -0.1) is 22.7 Å². The largest absolute Gasteiger partial charge is 0.384 e. The van der Waals surface area contributed by atoms with E-state index in [-0.39, 0.29) is 12.5 Å². The monoisotopic (exact) mass is 292 g/mol. The van der Waals surface area contributed by atoms with Crippen molar-refractivity contribution >= 4 is 28.6 Å². The molecule has 2 rings (SSSR count). The molecule has 98 valence electrons. The van der Waals surface area contributed by atoms with E-state index in [1.165, 1.54) is 22.7 Å². The number of carbonyl (C=O) groups is 1. The van der Waals surface area contributed by atoms with Crippen LogP contribution in [0, 0.1) is 18.8 Å². The summed E-state index contributed by atoms with van der Waals surface area (Å²) in [6.45, 7) is 2.13. The molecule has 0 aliphatic rings. The van der Waals surface area contributed by atoms with Crippen LogP contribution in [0.15, 0.2) is 17.6 Å². The molecule has 0 spiro atoms. The molecule has 0 aromatic carbocycles. The topological polar surface area (TPSA) is 62.2 Å². The van der Waals surface area contributed by atoms with Crippen molar-refractivity contribution in [3.8, 4) is 11.8 Å². The first-order valence-electron chi connectivity index (χ1n) is 5.57. The average Bonchev–Trinajstić information content (AvgIpc) is 3.02. The number of nitrogens with zero attached hydrogens (tertiary/aromatic N) is 1. The van der Waals surface area contributed by atoms with Gasteiger partial charge in [-0.1, -0.05) is 11.8 Å². The van der Waals surface area contributed by atoms with Gasteiger partial charge in [0.05, 0.1) is 17.7 Å². The van der Waals surface area contributed by atoms with Crippen LogP contribution >= 0.6 is 22.7 Å². The quantitative estimate of drug-likeness (QED) is 0.848. The predicted molar refractivity (Wildman–Crippen MR) is 76.3 cm³/mol. The van der Waals surface area contributed by atoms with Crippen molar-refractivity contribution < 1.29 is 9.90 Å². The van der Waals surface area contributed by atoms with Crippen molar-refractivity contribution in [2.75, 3.05) is 6.61 Å². The second kappa shape index (κ2) is 6.48. The molecule has 0 aliphatic heterocycles. The minimum Gasteiger partial charge on any atom is -0.384 e. The lowest BCUT2D eigenvalue weighted by atomic mass is 10.2. The molecule has 0 saturated heterocycles. The van der Waals surface area contributed by atoms with Gasteiger partial charge in [0.2, 0.25) is 0 Å². The lowest BCUT2D eigenvalue weighted by molar-refractivity contribution is 0.0955. The number of nitrogens with one attached hydrogen (secondary N) is 1. The van der Waals surface area contributed by atoms with Gasteiger partial charge in [-0.2, -0.15) is 0 Å². The Balaban J connectivity index is 1.99. The van der Waals surface area contributed by atoms with E-state index in [0.717, 1.165) is 15.4 Å². The average molecular weight is 292 g/mol. The van der Waals surface area contributed by atoms with Crippen molar-refractivity contribution in [3.05, 3.63) is 38.0 Å². The van der Waals surface area contributed by atoms with Crippen LogP contribution in [-0.4, -0.2) is 22.6 Å². The summed E-state index contributed by atoms with van der Waals surface area (Å²) in [6, 6.07) is 1.88. The summed E-state index contributed by atoms with van der Waals surface area (Å²) in [5, 5.41) is 14.3. The van der Waals surface area contributed by atoms with Crippen LogP contribution in [0.1, 0.15) is 25.1 Å². The first-order chi connectivity index (χ1) is 9.20. The van der Waals surface area contributed by atoms with Gasteiger partial charge in [-0.3, -0.25) is 4.79 Å². The Morgan fingerprint density at radius 3 is 3.11 bits per heavy atom. The summed E-state index contributed by atoms with van der Waals surface area (Å²) in [5.74, 6) is 5.34. The van der Waals surface area contributed by atoms with E-state index in [4.69, 9.17) is 5.11 Å². The van der Waals surface area contributed by atoms with Crippen molar-refractivity contribution in [2.45, 2.75) is 13.5 Å². The van der Waals surface area contributed by atoms with E-state index < -0.39 is 0 Å². The lowest BCUT2D eigenvalue weighted by Crippen LogP contribution is -2.21. The molecule has 0 atom stereocenters. The number of thiophene rings is 1. The highest BCUT2D eigenvalue weighted by atomic mass is 32.1. The molecule has 2 N–H and O–H groups in total. The van der Waals surface area contributed by atoms with Crippen molar-refractivity contribution in [2.24, 2.45) is 0 Å². The molecular weight excluding hydrogens is 280 g/mol. The molecular formula is C13H12N2O2S2. The minimum absolute atomic E-state index is 0.125. The van der Waals surface area contributed by atoms with Gasteiger partial charge >= 0.3 is 0 Å². The summed E-state index contributed by atoms with van der Waals surface area (Å²) >= 11 is 2.90. The number of aromatic nitrogens is 1. The third kappa shape index (κ3) is 3.64. The second-order valence-corrected chi connectivity index (χ2v) is 5.88. The van der Waals surface area contributed by atoms with Crippen LogP contribution in [0.4, 0.5) is 0 Å². The van der Waals surface area contributed by atoms with Crippen molar-refractivity contribution in [1.29, 1.82) is 0 Å². The van der Waals surface area contributed by atoms with Gasteiger partial charge in [0.1, 0.15) is 11.5 Å². The number of amides is 1. The second-order valence-electron chi connectivity index (χ2n) is 3.64. The van der Waals surface area contributed by atoms with Gasteiger partial charge in [-0.25, -0.2) is 4.98 Å². The molecule has 4 nitrogen and oxygen atoms in total.